The highest BCUT2D eigenvalue weighted by Crippen LogP contribution is 2.46. The van der Waals surface area contributed by atoms with Crippen LogP contribution >= 0.6 is 0 Å². The van der Waals surface area contributed by atoms with E-state index in [0.29, 0.717) is 18.9 Å². The van der Waals surface area contributed by atoms with Crippen LogP contribution in [0.1, 0.15) is 35.4 Å². The molecule has 11 nitrogen and oxygen atoms in total. The van der Waals surface area contributed by atoms with Crippen molar-refractivity contribution in [2.45, 2.75) is 55.8 Å². The number of hydrogen-bond acceptors (Lipinski definition) is 10. The van der Waals surface area contributed by atoms with Gasteiger partial charge in [-0.05, 0) is 23.6 Å². The van der Waals surface area contributed by atoms with E-state index in [0.717, 1.165) is 22.9 Å². The predicted octanol–water partition coefficient (Wildman–Crippen LogP) is 4.33. The number of aromatic nitrogens is 4. The first-order chi connectivity index (χ1) is 21.7. The normalized spacial score (nSPS) is 21.8. The summed E-state index contributed by atoms with van der Waals surface area (Å²) >= 11 is 0. The molecule has 2 aromatic heterocycles. The van der Waals surface area contributed by atoms with E-state index in [-0.39, 0.29) is 24.7 Å². The summed E-state index contributed by atoms with van der Waals surface area (Å²) in [5.74, 6) is -0.0683. The maximum Gasteiger partial charge on any atom is 0.267 e. The molecule has 2 N–H and O–H groups in total. The molecule has 3 aromatic carbocycles. The Morgan fingerprint density at radius 2 is 1.47 bits per heavy atom. The monoisotopic (exact) mass is 629 g/mol. The van der Waals surface area contributed by atoms with Gasteiger partial charge in [-0.2, -0.15) is 4.98 Å². The lowest BCUT2D eigenvalue weighted by atomic mass is 9.90. The molecule has 0 saturated carbocycles. The van der Waals surface area contributed by atoms with Crippen molar-refractivity contribution in [3.05, 3.63) is 120 Å². The highest BCUT2D eigenvalue weighted by molar-refractivity contribution is 7.90. The SMILES string of the molecule is C[C@]1(OCc2ccccc2)C(c2cnc3c(N)nc(S(C)(=O)=O)nn23)O[C@H](COCc2ccccc2)[C@H]1OCc1ccccc1. The third-order valence-corrected chi connectivity index (χ3v) is 8.62. The molecule has 3 heterocycles. The fourth-order valence-electron chi connectivity index (χ4n) is 5.50. The summed E-state index contributed by atoms with van der Waals surface area (Å²) in [6, 6.07) is 29.5. The molecule has 0 amide bonds. The fraction of sp³-hybridized carbons (Fsp3) is 0.303. The minimum absolute atomic E-state index is 0.0683. The van der Waals surface area contributed by atoms with Crippen molar-refractivity contribution in [2.24, 2.45) is 0 Å². The number of benzene rings is 3. The van der Waals surface area contributed by atoms with Crippen LogP contribution in [0.2, 0.25) is 0 Å². The summed E-state index contributed by atoms with van der Waals surface area (Å²) in [6.07, 6.45) is 0.604. The Bertz CT molecular complexity index is 1840. The molecule has 0 spiro atoms. The van der Waals surface area contributed by atoms with Crippen molar-refractivity contribution in [3.8, 4) is 0 Å². The molecule has 4 atom stereocenters. The topological polar surface area (TPSA) is 140 Å². The molecule has 45 heavy (non-hydrogen) atoms. The zero-order chi connectivity index (χ0) is 31.4. The van der Waals surface area contributed by atoms with Gasteiger partial charge in [0.15, 0.2) is 11.5 Å². The number of imidazole rings is 1. The van der Waals surface area contributed by atoms with Crippen LogP contribution in [0.15, 0.2) is 102 Å². The molecule has 1 fully saturated rings. The van der Waals surface area contributed by atoms with Gasteiger partial charge in [0.25, 0.3) is 5.16 Å². The van der Waals surface area contributed by atoms with Gasteiger partial charge >= 0.3 is 0 Å². The molecule has 5 aromatic rings. The quantitative estimate of drug-likeness (QED) is 0.212. The molecule has 12 heteroatoms. The minimum atomic E-state index is -3.78. The molecule has 0 aliphatic carbocycles. The van der Waals surface area contributed by atoms with Gasteiger partial charge in [-0.1, -0.05) is 91.0 Å². The average molecular weight is 630 g/mol. The van der Waals surface area contributed by atoms with E-state index in [1.54, 1.807) is 6.20 Å². The lowest BCUT2D eigenvalue weighted by Gasteiger charge is -2.35. The van der Waals surface area contributed by atoms with Crippen LogP contribution in [-0.2, 0) is 48.6 Å². The largest absolute Gasteiger partial charge is 0.380 e. The summed E-state index contributed by atoms with van der Waals surface area (Å²) in [5, 5.41) is 3.89. The number of hydrogen-bond donors (Lipinski definition) is 1. The van der Waals surface area contributed by atoms with Crippen LogP contribution in [-0.4, -0.2) is 58.7 Å². The van der Waals surface area contributed by atoms with Crippen molar-refractivity contribution < 1.29 is 27.4 Å². The second-order valence-corrected chi connectivity index (χ2v) is 13.1. The standard InChI is InChI=1S/C33H35N5O6S/c1-33(43-21-25-16-10-5-11-17-25)28(26-18-35-31-30(34)36-32(37-38(26)31)45(2,39)40)44-27(22-41-19-23-12-6-3-7-13-23)29(33)42-20-24-14-8-4-9-15-24/h3-18,27-29H,19-22H2,1-2H3,(H2,34,36,37)/t27-,28?,29-,33+/m1/s1. The maximum absolute atomic E-state index is 12.4. The van der Waals surface area contributed by atoms with Crippen LogP contribution < -0.4 is 5.73 Å². The molecule has 0 bridgehead atoms. The minimum Gasteiger partial charge on any atom is -0.380 e. The number of sulfone groups is 1. The van der Waals surface area contributed by atoms with E-state index in [4.69, 9.17) is 24.7 Å². The molecule has 1 unspecified atom stereocenters. The van der Waals surface area contributed by atoms with Gasteiger partial charge in [0.05, 0.1) is 38.3 Å². The molecular formula is C33H35N5O6S. The first kappa shape index (κ1) is 30.8. The smallest absolute Gasteiger partial charge is 0.267 e. The lowest BCUT2D eigenvalue weighted by molar-refractivity contribution is -0.148. The predicted molar refractivity (Wildman–Crippen MR) is 167 cm³/mol. The van der Waals surface area contributed by atoms with E-state index in [1.807, 2.05) is 97.9 Å². The van der Waals surface area contributed by atoms with Crippen LogP contribution in [0.3, 0.4) is 0 Å². The second kappa shape index (κ2) is 13.0. The summed E-state index contributed by atoms with van der Waals surface area (Å²) in [6.45, 7) is 3.09. The fourth-order valence-corrected chi connectivity index (χ4v) is 5.99. The summed E-state index contributed by atoms with van der Waals surface area (Å²) in [7, 11) is -3.78. The number of nitrogen functional groups attached to an aromatic ring is 1. The molecule has 6 rings (SSSR count). The number of anilines is 1. The number of nitrogens with zero attached hydrogens (tertiary/aromatic N) is 4. The van der Waals surface area contributed by atoms with E-state index < -0.39 is 38.9 Å². The second-order valence-electron chi connectivity index (χ2n) is 11.2. The summed E-state index contributed by atoms with van der Waals surface area (Å²) < 4.78 is 52.5. The molecule has 1 aliphatic rings. The van der Waals surface area contributed by atoms with Crippen LogP contribution in [0.4, 0.5) is 5.82 Å². The van der Waals surface area contributed by atoms with Gasteiger partial charge in [0.2, 0.25) is 9.84 Å². The third kappa shape index (κ3) is 6.75. The first-order valence-corrected chi connectivity index (χ1v) is 16.4. The van der Waals surface area contributed by atoms with Crippen molar-refractivity contribution >= 4 is 21.3 Å². The van der Waals surface area contributed by atoms with Crippen LogP contribution in [0.5, 0.6) is 0 Å². The first-order valence-electron chi connectivity index (χ1n) is 14.5. The molecule has 1 saturated heterocycles. The molecule has 234 valence electrons. The third-order valence-electron chi connectivity index (χ3n) is 7.79. The van der Waals surface area contributed by atoms with Crippen molar-refractivity contribution in [1.29, 1.82) is 0 Å². The van der Waals surface area contributed by atoms with Crippen LogP contribution in [0, 0.1) is 0 Å². The molecule has 0 radical (unpaired) electrons. The number of nitrogens with two attached hydrogens (primary N) is 1. The number of ether oxygens (including phenoxy) is 4. The van der Waals surface area contributed by atoms with E-state index in [1.165, 1.54) is 4.52 Å². The highest BCUT2D eigenvalue weighted by Gasteiger charge is 2.57. The Morgan fingerprint density at radius 3 is 2.07 bits per heavy atom. The zero-order valence-electron chi connectivity index (χ0n) is 25.0. The number of rotatable bonds is 12. The van der Waals surface area contributed by atoms with Gasteiger partial charge < -0.3 is 24.7 Å². The van der Waals surface area contributed by atoms with Gasteiger partial charge in [0.1, 0.15) is 23.9 Å². The highest BCUT2D eigenvalue weighted by atomic mass is 32.2. The summed E-state index contributed by atoms with van der Waals surface area (Å²) in [5.41, 5.74) is 8.66. The Hall–Kier alpha value is -4.20. The molecular weight excluding hydrogens is 594 g/mol. The van der Waals surface area contributed by atoms with Crippen molar-refractivity contribution in [2.75, 3.05) is 18.6 Å². The Balaban J connectivity index is 1.39. The van der Waals surface area contributed by atoms with Crippen molar-refractivity contribution in [3.63, 3.8) is 0 Å². The van der Waals surface area contributed by atoms with E-state index >= 15 is 0 Å². The number of fused-ring (bicyclic) bond motifs is 1. The average Bonchev–Trinajstić information content (AvgIpc) is 3.59. The van der Waals surface area contributed by atoms with E-state index in [9.17, 15) is 8.42 Å². The van der Waals surface area contributed by atoms with Gasteiger partial charge in [-0.15, -0.1) is 5.10 Å². The molecule has 1 aliphatic heterocycles. The summed E-state index contributed by atoms with van der Waals surface area (Å²) in [4.78, 5) is 8.39. The zero-order valence-corrected chi connectivity index (χ0v) is 25.8. The van der Waals surface area contributed by atoms with Gasteiger partial charge in [-0.25, -0.2) is 17.9 Å². The van der Waals surface area contributed by atoms with Crippen molar-refractivity contribution in [1.82, 2.24) is 19.6 Å². The van der Waals surface area contributed by atoms with E-state index in [2.05, 4.69) is 15.1 Å². The Labute approximate surface area is 261 Å². The lowest BCUT2D eigenvalue weighted by Crippen LogP contribution is -2.47. The van der Waals surface area contributed by atoms with Crippen LogP contribution in [0.25, 0.3) is 5.65 Å². The van der Waals surface area contributed by atoms with Gasteiger partial charge in [0, 0.05) is 6.26 Å². The maximum atomic E-state index is 12.4. The van der Waals surface area contributed by atoms with Gasteiger partial charge in [-0.3, -0.25) is 0 Å². The Kier molecular flexibility index (Phi) is 8.92. The Morgan fingerprint density at radius 1 is 0.889 bits per heavy atom.